The number of carbonyl (C=O) groups excluding carboxylic acids is 1. The zero-order valence-corrected chi connectivity index (χ0v) is 17.2. The molecule has 0 radical (unpaired) electrons. The first-order chi connectivity index (χ1) is 13.4. The molecule has 1 N–H and O–H groups in total. The van der Waals surface area contributed by atoms with E-state index in [-0.39, 0.29) is 18.2 Å². The highest BCUT2D eigenvalue weighted by Crippen LogP contribution is 2.28. The van der Waals surface area contributed by atoms with Crippen LogP contribution in [0.5, 0.6) is 5.75 Å². The number of sulfonamides is 1. The van der Waals surface area contributed by atoms with E-state index in [1.54, 1.807) is 30.3 Å². The summed E-state index contributed by atoms with van der Waals surface area (Å²) in [4.78, 5) is 12.7. The van der Waals surface area contributed by atoms with Crippen LogP contribution in [-0.4, -0.2) is 38.8 Å². The van der Waals surface area contributed by atoms with Crippen LogP contribution in [0.15, 0.2) is 48.5 Å². The predicted molar refractivity (Wildman–Crippen MR) is 110 cm³/mol. The summed E-state index contributed by atoms with van der Waals surface area (Å²) < 4.78 is 32.0. The van der Waals surface area contributed by atoms with Gasteiger partial charge in [-0.3, -0.25) is 4.79 Å². The van der Waals surface area contributed by atoms with Gasteiger partial charge >= 0.3 is 0 Å². The summed E-state index contributed by atoms with van der Waals surface area (Å²) in [5.74, 6) is -0.146. The summed E-state index contributed by atoms with van der Waals surface area (Å²) in [6, 6.07) is 14.1. The number of rotatable bonds is 6. The third kappa shape index (κ3) is 5.04. The molecule has 6 nitrogen and oxygen atoms in total. The lowest BCUT2D eigenvalue weighted by molar-refractivity contribution is -0.120. The Bertz CT molecular complexity index is 934. The number of piperidine rings is 1. The second-order valence-corrected chi connectivity index (χ2v) is 9.15. The van der Waals surface area contributed by atoms with E-state index >= 15 is 0 Å². The van der Waals surface area contributed by atoms with Gasteiger partial charge < -0.3 is 10.1 Å². The number of carbonyl (C=O) groups is 1. The van der Waals surface area contributed by atoms with Crippen LogP contribution < -0.4 is 10.1 Å². The van der Waals surface area contributed by atoms with Crippen molar-refractivity contribution in [3.63, 3.8) is 0 Å². The Morgan fingerprint density at radius 3 is 2.68 bits per heavy atom. The molecule has 0 unspecified atom stereocenters. The minimum atomic E-state index is -3.48. The first-order valence-corrected chi connectivity index (χ1v) is 11.0. The first kappa shape index (κ1) is 20.6. The highest BCUT2D eigenvalue weighted by molar-refractivity contribution is 7.88. The van der Waals surface area contributed by atoms with E-state index in [0.717, 1.165) is 5.56 Å². The van der Waals surface area contributed by atoms with Crippen LogP contribution >= 0.6 is 11.6 Å². The van der Waals surface area contributed by atoms with E-state index in [4.69, 9.17) is 16.3 Å². The number of ether oxygens (including phenoxy) is 1. The molecule has 2 aromatic rings. The van der Waals surface area contributed by atoms with Crippen molar-refractivity contribution in [1.82, 2.24) is 4.31 Å². The summed E-state index contributed by atoms with van der Waals surface area (Å²) in [5.41, 5.74) is 1.29. The smallest absolute Gasteiger partial charge is 0.228 e. The Morgan fingerprint density at radius 2 is 2.00 bits per heavy atom. The summed E-state index contributed by atoms with van der Waals surface area (Å²) in [5, 5.41) is 3.22. The zero-order chi connectivity index (χ0) is 20.1. The van der Waals surface area contributed by atoms with Crippen molar-refractivity contribution in [2.24, 2.45) is 5.92 Å². The molecule has 8 heteroatoms. The van der Waals surface area contributed by atoms with Gasteiger partial charge in [0, 0.05) is 18.8 Å². The number of methoxy groups -OCH3 is 1. The third-order valence-corrected chi connectivity index (χ3v) is 6.87. The van der Waals surface area contributed by atoms with Gasteiger partial charge in [-0.25, -0.2) is 12.7 Å². The van der Waals surface area contributed by atoms with E-state index in [9.17, 15) is 13.2 Å². The molecule has 1 saturated heterocycles. The van der Waals surface area contributed by atoms with E-state index in [1.807, 2.05) is 18.2 Å². The van der Waals surface area contributed by atoms with E-state index < -0.39 is 15.9 Å². The molecule has 0 aliphatic carbocycles. The van der Waals surface area contributed by atoms with Gasteiger partial charge in [-0.15, -0.1) is 0 Å². The second kappa shape index (κ2) is 8.94. The molecule has 1 heterocycles. The Labute approximate surface area is 170 Å². The van der Waals surface area contributed by atoms with Crippen LogP contribution in [0.3, 0.4) is 0 Å². The second-order valence-electron chi connectivity index (χ2n) is 6.78. The molecule has 28 heavy (non-hydrogen) atoms. The van der Waals surface area contributed by atoms with Crippen LogP contribution in [-0.2, 0) is 20.6 Å². The van der Waals surface area contributed by atoms with E-state index in [1.165, 1.54) is 11.4 Å². The lowest BCUT2D eigenvalue weighted by Gasteiger charge is -2.31. The van der Waals surface area contributed by atoms with Gasteiger partial charge in [0.15, 0.2) is 0 Å². The van der Waals surface area contributed by atoms with Crippen LogP contribution in [0.2, 0.25) is 5.02 Å². The van der Waals surface area contributed by atoms with Gasteiger partial charge in [0.1, 0.15) is 5.75 Å². The minimum Gasteiger partial charge on any atom is -0.495 e. The van der Waals surface area contributed by atoms with Crippen molar-refractivity contribution in [3.8, 4) is 5.75 Å². The first-order valence-electron chi connectivity index (χ1n) is 9.05. The number of hydrogen-bond acceptors (Lipinski definition) is 4. The summed E-state index contributed by atoms with van der Waals surface area (Å²) in [6.45, 7) is 0.623. The average Bonchev–Trinajstić information content (AvgIpc) is 2.69. The van der Waals surface area contributed by atoms with Crippen molar-refractivity contribution in [1.29, 1.82) is 0 Å². The van der Waals surface area contributed by atoms with Gasteiger partial charge in [0.25, 0.3) is 0 Å². The molecule has 150 valence electrons. The van der Waals surface area contributed by atoms with Crippen LogP contribution in [0, 0.1) is 5.92 Å². The van der Waals surface area contributed by atoms with Gasteiger partial charge in [0.2, 0.25) is 15.9 Å². The topological polar surface area (TPSA) is 75.7 Å². The highest BCUT2D eigenvalue weighted by atomic mass is 35.5. The fourth-order valence-electron chi connectivity index (χ4n) is 3.27. The monoisotopic (exact) mass is 422 g/mol. The summed E-state index contributed by atoms with van der Waals surface area (Å²) in [6.07, 6.45) is 1.29. The molecule has 1 atom stereocenters. The maximum Gasteiger partial charge on any atom is 0.228 e. The molecule has 2 aromatic carbocycles. The standard InChI is InChI=1S/C20H23ClN2O4S/c1-27-19-10-9-17(12-18(19)21)22-20(24)16-8-5-11-23(13-16)28(25,26)14-15-6-3-2-4-7-15/h2-4,6-7,9-10,12,16H,5,8,11,13-14H2,1H3,(H,22,24)/t16-/m0/s1. The highest BCUT2D eigenvalue weighted by Gasteiger charge is 2.32. The molecular weight excluding hydrogens is 400 g/mol. The number of nitrogens with zero attached hydrogens (tertiary/aromatic N) is 1. The van der Waals surface area contributed by atoms with Crippen molar-refractivity contribution in [3.05, 3.63) is 59.1 Å². The normalized spacial score (nSPS) is 17.9. The molecule has 0 saturated carbocycles. The molecule has 1 aliphatic rings. The quantitative estimate of drug-likeness (QED) is 0.772. The number of hydrogen-bond donors (Lipinski definition) is 1. The Balaban J connectivity index is 1.65. The zero-order valence-electron chi connectivity index (χ0n) is 15.6. The maximum atomic E-state index is 12.8. The molecule has 1 fully saturated rings. The number of halogens is 1. The predicted octanol–water partition coefficient (Wildman–Crippen LogP) is 3.53. The fourth-order valence-corrected chi connectivity index (χ4v) is 5.14. The average molecular weight is 423 g/mol. The van der Waals surface area contributed by atoms with Crippen LogP contribution in [0.4, 0.5) is 5.69 Å². The SMILES string of the molecule is COc1ccc(NC(=O)[C@H]2CCCN(S(=O)(=O)Cc3ccccc3)C2)cc1Cl. The third-order valence-electron chi connectivity index (χ3n) is 4.76. The Morgan fingerprint density at radius 1 is 1.25 bits per heavy atom. The van der Waals surface area contributed by atoms with Gasteiger partial charge in [0.05, 0.1) is 23.8 Å². The number of anilines is 1. The molecule has 1 amide bonds. The van der Waals surface area contributed by atoms with Crippen molar-refractivity contribution < 1.29 is 17.9 Å². The molecule has 0 bridgehead atoms. The Kier molecular flexibility index (Phi) is 6.59. The van der Waals surface area contributed by atoms with E-state index in [2.05, 4.69) is 5.32 Å². The molecular formula is C20H23ClN2O4S. The van der Waals surface area contributed by atoms with Gasteiger partial charge in [-0.2, -0.15) is 0 Å². The van der Waals surface area contributed by atoms with E-state index in [0.29, 0.717) is 35.8 Å². The minimum absolute atomic E-state index is 0.0593. The van der Waals surface area contributed by atoms with Crippen molar-refractivity contribution in [2.75, 3.05) is 25.5 Å². The maximum absolute atomic E-state index is 12.8. The number of amides is 1. The molecule has 0 spiro atoms. The number of nitrogens with one attached hydrogen (secondary N) is 1. The molecule has 3 rings (SSSR count). The fraction of sp³-hybridized carbons (Fsp3) is 0.350. The van der Waals surface area contributed by atoms with Gasteiger partial charge in [-0.05, 0) is 36.6 Å². The van der Waals surface area contributed by atoms with Crippen LogP contribution in [0.1, 0.15) is 18.4 Å². The van der Waals surface area contributed by atoms with Crippen LogP contribution in [0.25, 0.3) is 0 Å². The Hall–Kier alpha value is -2.09. The summed E-state index contributed by atoms with van der Waals surface area (Å²) >= 11 is 6.09. The number of benzene rings is 2. The van der Waals surface area contributed by atoms with Crippen molar-refractivity contribution >= 4 is 33.2 Å². The molecule has 1 aliphatic heterocycles. The largest absolute Gasteiger partial charge is 0.495 e. The van der Waals surface area contributed by atoms with Gasteiger partial charge in [-0.1, -0.05) is 41.9 Å². The molecule has 0 aromatic heterocycles. The summed E-state index contributed by atoms with van der Waals surface area (Å²) in [7, 11) is -1.96. The van der Waals surface area contributed by atoms with Crippen molar-refractivity contribution in [2.45, 2.75) is 18.6 Å². The lowest BCUT2D eigenvalue weighted by atomic mass is 9.98. The lowest BCUT2D eigenvalue weighted by Crippen LogP contribution is -2.44.